The lowest BCUT2D eigenvalue weighted by Gasteiger charge is -2.18. The monoisotopic (exact) mass is 529 g/mol. The highest BCUT2D eigenvalue weighted by Gasteiger charge is 2.73. The van der Waals surface area contributed by atoms with Crippen LogP contribution in [0.4, 0.5) is 0 Å². The molecule has 0 aromatic rings. The summed E-state index contributed by atoms with van der Waals surface area (Å²) in [5.41, 5.74) is -0.362. The number of nitrogens with zero attached hydrogens (tertiary/aromatic N) is 1. The lowest BCUT2D eigenvalue weighted by molar-refractivity contribution is -0.143. The van der Waals surface area contributed by atoms with Crippen molar-refractivity contribution in [3.63, 3.8) is 0 Å². The summed E-state index contributed by atoms with van der Waals surface area (Å²) in [5, 5.41) is 9.87. The molecule has 1 N–H and O–H groups in total. The third kappa shape index (κ3) is 10.9. The minimum absolute atomic E-state index is 0.0842. The van der Waals surface area contributed by atoms with Gasteiger partial charge in [0.15, 0.2) is 0 Å². The fourth-order valence-electron chi connectivity index (χ4n) is 6.68. The molecular weight excluding hydrogens is 470 g/mol. The average molecular weight is 530 g/mol. The molecule has 2 aliphatic rings. The molecule has 2 heterocycles. The molecule has 4 nitrogen and oxygen atoms in total. The summed E-state index contributed by atoms with van der Waals surface area (Å²) >= 11 is 0. The molecule has 0 aliphatic carbocycles. The van der Waals surface area contributed by atoms with Crippen molar-refractivity contribution >= 4 is 11.9 Å². The molecule has 0 aromatic carbocycles. The van der Waals surface area contributed by atoms with E-state index >= 15 is 0 Å². The Hall–Kier alpha value is -1.58. The first kappa shape index (κ1) is 32.6. The second kappa shape index (κ2) is 19.5. The zero-order valence-corrected chi connectivity index (χ0v) is 24.9. The molecule has 4 heteroatoms. The van der Waals surface area contributed by atoms with Crippen LogP contribution in [0.25, 0.3) is 0 Å². The quantitative estimate of drug-likeness (QED) is 0.0727. The highest BCUT2D eigenvalue weighted by molar-refractivity contribution is 5.92. The molecular formula is C34H59NO3. The van der Waals surface area contributed by atoms with Crippen LogP contribution in [0.2, 0.25) is 0 Å². The second-order valence-electron chi connectivity index (χ2n) is 12.0. The van der Waals surface area contributed by atoms with Gasteiger partial charge in [-0.1, -0.05) is 134 Å². The summed E-state index contributed by atoms with van der Waals surface area (Å²) in [4.78, 5) is 26.6. The maximum Gasteiger partial charge on any atom is 0.309 e. The summed E-state index contributed by atoms with van der Waals surface area (Å²) in [6.45, 7) is 4.50. The highest BCUT2D eigenvalue weighted by atomic mass is 16.4. The van der Waals surface area contributed by atoms with Crippen LogP contribution >= 0.6 is 0 Å². The summed E-state index contributed by atoms with van der Waals surface area (Å²) in [6, 6.07) is 0.178. The van der Waals surface area contributed by atoms with Gasteiger partial charge in [0.1, 0.15) is 0 Å². The summed E-state index contributed by atoms with van der Waals surface area (Å²) in [5.74, 6) is -1.17. The number of amides is 1. The number of piperidine rings is 1. The van der Waals surface area contributed by atoms with Crippen molar-refractivity contribution in [2.75, 3.05) is 0 Å². The average Bonchev–Trinajstić information content (AvgIpc) is 3.44. The summed E-state index contributed by atoms with van der Waals surface area (Å²) in [7, 11) is 0. The topological polar surface area (TPSA) is 57.4 Å². The molecule has 38 heavy (non-hydrogen) atoms. The Morgan fingerprint density at radius 2 is 1.26 bits per heavy atom. The van der Waals surface area contributed by atoms with E-state index in [1.54, 1.807) is 0 Å². The number of carboxylic acids is 1. The number of carboxylic acid groups (broad SMARTS) is 1. The Morgan fingerprint density at radius 3 is 1.87 bits per heavy atom. The van der Waals surface area contributed by atoms with Gasteiger partial charge in [0.05, 0.1) is 17.5 Å². The van der Waals surface area contributed by atoms with Gasteiger partial charge in [-0.25, -0.2) is 0 Å². The molecule has 2 saturated heterocycles. The van der Waals surface area contributed by atoms with Crippen molar-refractivity contribution < 1.29 is 14.7 Å². The second-order valence-corrected chi connectivity index (χ2v) is 12.0. The molecule has 2 fully saturated rings. The van der Waals surface area contributed by atoms with Crippen molar-refractivity contribution in [1.29, 1.82) is 0 Å². The maximum atomic E-state index is 12.6. The fraction of sp³-hybridized carbons (Fsp3) is 0.824. The van der Waals surface area contributed by atoms with E-state index in [9.17, 15) is 14.7 Å². The Labute approximate surface area is 234 Å². The number of allylic oxidation sites excluding steroid dienone is 4. The van der Waals surface area contributed by atoms with Gasteiger partial charge < -0.3 is 10.0 Å². The molecule has 0 aromatic heterocycles. The molecule has 2 rings (SSSR count). The first-order valence-electron chi connectivity index (χ1n) is 16.4. The lowest BCUT2D eigenvalue weighted by atomic mass is 9.82. The minimum atomic E-state index is -0.765. The van der Waals surface area contributed by atoms with E-state index in [-0.39, 0.29) is 23.9 Å². The van der Waals surface area contributed by atoms with Gasteiger partial charge in [0, 0.05) is 6.42 Å². The van der Waals surface area contributed by atoms with Gasteiger partial charge in [-0.05, 0) is 44.9 Å². The number of carbonyl (C=O) groups excluding carboxylic acids is 1. The number of fused-ring (bicyclic) bond motifs is 1. The molecule has 3 atom stereocenters. The van der Waals surface area contributed by atoms with Crippen molar-refractivity contribution in [2.24, 2.45) is 5.92 Å². The predicted octanol–water partition coefficient (Wildman–Crippen LogP) is 9.77. The number of carbonyl (C=O) groups is 2. The van der Waals surface area contributed by atoms with E-state index in [4.69, 9.17) is 0 Å². The SMILES string of the molecule is CCCCC/C=C\C/C=C\CCCCCCCC1N2C(=O)CC(C(=O)O)C12CCCCCCCCCCC. The number of aliphatic carboxylic acids is 1. The highest BCUT2D eigenvalue weighted by Crippen LogP contribution is 2.58. The number of rotatable bonds is 25. The predicted molar refractivity (Wildman–Crippen MR) is 160 cm³/mol. The minimum Gasteiger partial charge on any atom is -0.481 e. The van der Waals surface area contributed by atoms with Crippen molar-refractivity contribution in [1.82, 2.24) is 4.90 Å². The zero-order chi connectivity index (χ0) is 27.5. The number of hydrogen-bond donors (Lipinski definition) is 1. The van der Waals surface area contributed by atoms with E-state index in [0.29, 0.717) is 0 Å². The molecule has 218 valence electrons. The summed E-state index contributed by atoms with van der Waals surface area (Å²) < 4.78 is 0. The van der Waals surface area contributed by atoms with Crippen LogP contribution in [0, 0.1) is 5.92 Å². The van der Waals surface area contributed by atoms with E-state index < -0.39 is 11.9 Å². The standard InChI is InChI=1S/C34H59NO3/c1-3-5-7-9-11-13-14-15-16-17-18-19-21-23-25-27-31-34(30(33(37)38)29-32(36)35(31)34)28-26-24-22-20-12-10-8-6-4-2/h11,13,15-16,30-31H,3-10,12,14,17-29H2,1-2H3,(H,37,38)/b13-11-,16-15-. The van der Waals surface area contributed by atoms with Gasteiger partial charge in [0.25, 0.3) is 0 Å². The van der Waals surface area contributed by atoms with E-state index in [1.165, 1.54) is 103 Å². The van der Waals surface area contributed by atoms with Crippen LogP contribution in [0.15, 0.2) is 24.3 Å². The van der Waals surface area contributed by atoms with Crippen LogP contribution in [-0.4, -0.2) is 33.5 Å². The van der Waals surface area contributed by atoms with Crippen molar-refractivity contribution in [2.45, 2.75) is 173 Å². The molecule has 0 bridgehead atoms. The van der Waals surface area contributed by atoms with Gasteiger partial charge in [0.2, 0.25) is 5.91 Å². The molecule has 2 aliphatic heterocycles. The van der Waals surface area contributed by atoms with Crippen LogP contribution < -0.4 is 0 Å². The first-order chi connectivity index (χ1) is 18.6. The third-order valence-electron chi connectivity index (χ3n) is 8.93. The third-order valence-corrected chi connectivity index (χ3v) is 8.93. The van der Waals surface area contributed by atoms with Crippen LogP contribution in [0.3, 0.4) is 0 Å². The van der Waals surface area contributed by atoms with E-state index in [2.05, 4.69) is 38.2 Å². The molecule has 0 spiro atoms. The first-order valence-corrected chi connectivity index (χ1v) is 16.4. The smallest absolute Gasteiger partial charge is 0.309 e. The largest absolute Gasteiger partial charge is 0.481 e. The lowest BCUT2D eigenvalue weighted by Crippen LogP contribution is -2.32. The summed E-state index contributed by atoms with van der Waals surface area (Å²) in [6.07, 6.45) is 36.1. The fourth-order valence-corrected chi connectivity index (χ4v) is 6.68. The molecule has 1 amide bonds. The Morgan fingerprint density at radius 1 is 0.763 bits per heavy atom. The Kier molecular flexibility index (Phi) is 16.7. The molecule has 3 unspecified atom stereocenters. The Bertz CT molecular complexity index is 715. The molecule has 0 radical (unpaired) electrons. The molecule has 0 saturated carbocycles. The van der Waals surface area contributed by atoms with Gasteiger partial charge in [-0.15, -0.1) is 0 Å². The maximum absolute atomic E-state index is 12.6. The van der Waals surface area contributed by atoms with Crippen LogP contribution in [0.1, 0.15) is 162 Å². The van der Waals surface area contributed by atoms with Crippen molar-refractivity contribution in [3.05, 3.63) is 24.3 Å². The van der Waals surface area contributed by atoms with E-state index in [0.717, 1.165) is 38.5 Å². The van der Waals surface area contributed by atoms with Gasteiger partial charge in [-0.2, -0.15) is 0 Å². The normalized spacial score (nSPS) is 22.7. The number of unbranched alkanes of at least 4 members (excludes halogenated alkanes) is 16. The van der Waals surface area contributed by atoms with Crippen LogP contribution in [-0.2, 0) is 9.59 Å². The zero-order valence-electron chi connectivity index (χ0n) is 24.9. The number of hydrogen-bond acceptors (Lipinski definition) is 2. The van der Waals surface area contributed by atoms with Gasteiger partial charge >= 0.3 is 5.97 Å². The van der Waals surface area contributed by atoms with Crippen molar-refractivity contribution in [3.8, 4) is 0 Å². The Balaban J connectivity index is 1.58. The van der Waals surface area contributed by atoms with Crippen LogP contribution in [0.5, 0.6) is 0 Å². The van der Waals surface area contributed by atoms with Gasteiger partial charge in [-0.3, -0.25) is 9.59 Å². The van der Waals surface area contributed by atoms with E-state index in [1.807, 2.05) is 4.90 Å².